The van der Waals surface area contributed by atoms with Gasteiger partial charge in [0.2, 0.25) is 0 Å². The number of tetrazole rings is 1. The SMILES string of the molecule is CC(C)(C)[C@H](C(=O)O)[C@H](Cc1ccc(Br)cc1)c1nnn[nH]1. The van der Waals surface area contributed by atoms with Crippen molar-refractivity contribution in [2.75, 3.05) is 0 Å². The average Bonchev–Trinajstić information content (AvgIpc) is 2.92. The van der Waals surface area contributed by atoms with Gasteiger partial charge in [-0.1, -0.05) is 48.8 Å². The van der Waals surface area contributed by atoms with Gasteiger partial charge in [0.1, 0.15) is 0 Å². The second-order valence-corrected chi connectivity index (χ2v) is 7.32. The zero-order valence-electron chi connectivity index (χ0n) is 12.7. The molecular weight excluding hydrogens is 348 g/mol. The number of nitrogens with zero attached hydrogens (tertiary/aromatic N) is 3. The Morgan fingerprint density at radius 1 is 1.32 bits per heavy atom. The van der Waals surface area contributed by atoms with E-state index in [1.807, 2.05) is 45.0 Å². The smallest absolute Gasteiger partial charge is 0.307 e. The number of nitrogens with one attached hydrogen (secondary N) is 1. The lowest BCUT2D eigenvalue weighted by molar-refractivity contribution is -0.146. The van der Waals surface area contributed by atoms with Crippen LogP contribution < -0.4 is 0 Å². The van der Waals surface area contributed by atoms with E-state index in [0.29, 0.717) is 12.2 Å². The molecular formula is C15H19BrN4O2. The van der Waals surface area contributed by atoms with Gasteiger partial charge in [0, 0.05) is 10.4 Å². The van der Waals surface area contributed by atoms with Gasteiger partial charge < -0.3 is 5.11 Å². The Morgan fingerprint density at radius 2 is 1.95 bits per heavy atom. The van der Waals surface area contributed by atoms with E-state index in [-0.39, 0.29) is 5.92 Å². The van der Waals surface area contributed by atoms with Crippen molar-refractivity contribution in [3.05, 3.63) is 40.1 Å². The molecule has 0 unspecified atom stereocenters. The van der Waals surface area contributed by atoms with Crippen LogP contribution in [0, 0.1) is 11.3 Å². The van der Waals surface area contributed by atoms with Crippen LogP contribution in [0.15, 0.2) is 28.7 Å². The summed E-state index contributed by atoms with van der Waals surface area (Å²) in [5.41, 5.74) is 0.624. The summed E-state index contributed by atoms with van der Waals surface area (Å²) in [7, 11) is 0. The Labute approximate surface area is 137 Å². The standard InChI is InChI=1S/C15H19BrN4O2/c1-15(2,3)12(14(21)22)11(13-17-19-20-18-13)8-9-4-6-10(16)7-5-9/h4-7,11-12H,8H2,1-3H3,(H,21,22)(H,17,18,19,20)/t11-,12-/m0/s1. The van der Waals surface area contributed by atoms with Crippen LogP contribution in [-0.2, 0) is 11.2 Å². The van der Waals surface area contributed by atoms with E-state index in [1.54, 1.807) is 0 Å². The highest BCUT2D eigenvalue weighted by atomic mass is 79.9. The van der Waals surface area contributed by atoms with Gasteiger partial charge in [-0.25, -0.2) is 5.10 Å². The summed E-state index contributed by atoms with van der Waals surface area (Å²) in [5.74, 6) is -1.27. The summed E-state index contributed by atoms with van der Waals surface area (Å²) in [6, 6.07) is 7.83. The predicted octanol–water partition coefficient (Wildman–Crippen LogP) is 3.04. The molecule has 0 aliphatic rings. The predicted molar refractivity (Wildman–Crippen MR) is 85.3 cm³/mol. The molecule has 1 aromatic carbocycles. The van der Waals surface area contributed by atoms with Crippen molar-refractivity contribution in [2.24, 2.45) is 11.3 Å². The number of benzene rings is 1. The highest BCUT2D eigenvalue weighted by molar-refractivity contribution is 9.10. The molecule has 2 atom stereocenters. The summed E-state index contributed by atoms with van der Waals surface area (Å²) in [6.45, 7) is 5.76. The molecule has 22 heavy (non-hydrogen) atoms. The number of hydrogen-bond donors (Lipinski definition) is 2. The second kappa shape index (κ2) is 6.56. The summed E-state index contributed by atoms with van der Waals surface area (Å²) in [5, 5.41) is 23.6. The lowest BCUT2D eigenvalue weighted by Crippen LogP contribution is -2.35. The van der Waals surface area contributed by atoms with Crippen molar-refractivity contribution in [3.63, 3.8) is 0 Å². The van der Waals surface area contributed by atoms with Crippen molar-refractivity contribution in [2.45, 2.75) is 33.1 Å². The van der Waals surface area contributed by atoms with Crippen LogP contribution in [0.25, 0.3) is 0 Å². The first-order chi connectivity index (χ1) is 10.3. The van der Waals surface area contributed by atoms with Gasteiger partial charge in [-0.15, -0.1) is 5.10 Å². The quantitative estimate of drug-likeness (QED) is 0.848. The van der Waals surface area contributed by atoms with E-state index in [1.165, 1.54) is 0 Å². The van der Waals surface area contributed by atoms with Gasteiger partial charge >= 0.3 is 5.97 Å². The lowest BCUT2D eigenvalue weighted by atomic mass is 9.71. The molecule has 2 aromatic rings. The summed E-state index contributed by atoms with van der Waals surface area (Å²) < 4.78 is 0.986. The molecule has 2 N–H and O–H groups in total. The van der Waals surface area contributed by atoms with E-state index < -0.39 is 17.3 Å². The minimum atomic E-state index is -0.842. The number of halogens is 1. The number of aromatic amines is 1. The first kappa shape index (κ1) is 16.6. The van der Waals surface area contributed by atoms with E-state index in [4.69, 9.17) is 0 Å². The third kappa shape index (κ3) is 3.91. The van der Waals surface area contributed by atoms with Crippen LogP contribution in [0.1, 0.15) is 38.1 Å². The van der Waals surface area contributed by atoms with E-state index >= 15 is 0 Å². The molecule has 6 nitrogen and oxygen atoms in total. The molecule has 1 aromatic heterocycles. The van der Waals surface area contributed by atoms with Crippen LogP contribution >= 0.6 is 15.9 Å². The minimum Gasteiger partial charge on any atom is -0.481 e. The van der Waals surface area contributed by atoms with Gasteiger partial charge in [0.15, 0.2) is 5.82 Å². The van der Waals surface area contributed by atoms with Gasteiger partial charge in [-0.2, -0.15) is 0 Å². The van der Waals surface area contributed by atoms with Crippen molar-refractivity contribution in [1.29, 1.82) is 0 Å². The Morgan fingerprint density at radius 3 is 2.41 bits per heavy atom. The molecule has 0 amide bonds. The number of aromatic nitrogens is 4. The number of carboxylic acids is 1. The van der Waals surface area contributed by atoms with E-state index in [2.05, 4.69) is 36.6 Å². The molecule has 1 heterocycles. The molecule has 0 radical (unpaired) electrons. The largest absolute Gasteiger partial charge is 0.481 e. The van der Waals surface area contributed by atoms with Gasteiger partial charge in [-0.05, 0) is 40.0 Å². The molecule has 118 valence electrons. The molecule has 7 heteroatoms. The number of rotatable bonds is 5. The molecule has 0 bridgehead atoms. The van der Waals surface area contributed by atoms with Crippen LogP contribution in [0.2, 0.25) is 0 Å². The van der Waals surface area contributed by atoms with E-state index in [9.17, 15) is 9.90 Å². The Bertz CT molecular complexity index is 620. The Kier molecular flexibility index (Phi) is 4.95. The topological polar surface area (TPSA) is 91.8 Å². The summed E-state index contributed by atoms with van der Waals surface area (Å²) in [4.78, 5) is 11.8. The van der Waals surface area contributed by atoms with Gasteiger partial charge in [0.05, 0.1) is 5.92 Å². The Balaban J connectivity index is 2.38. The second-order valence-electron chi connectivity index (χ2n) is 6.41. The number of hydrogen-bond acceptors (Lipinski definition) is 4. The maximum absolute atomic E-state index is 11.8. The minimum absolute atomic E-state index is 0.325. The summed E-state index contributed by atoms with van der Waals surface area (Å²) in [6.07, 6.45) is 0.554. The fourth-order valence-electron chi connectivity index (χ4n) is 2.72. The monoisotopic (exact) mass is 366 g/mol. The molecule has 0 aliphatic heterocycles. The number of carboxylic acid groups (broad SMARTS) is 1. The van der Waals surface area contributed by atoms with Crippen LogP contribution in [0.5, 0.6) is 0 Å². The maximum Gasteiger partial charge on any atom is 0.307 e. The molecule has 0 saturated carbocycles. The molecule has 0 spiro atoms. The fourth-order valence-corrected chi connectivity index (χ4v) is 2.98. The summed E-state index contributed by atoms with van der Waals surface area (Å²) >= 11 is 3.40. The van der Waals surface area contributed by atoms with Crippen LogP contribution in [0.3, 0.4) is 0 Å². The third-order valence-corrected chi connectivity index (χ3v) is 4.21. The van der Waals surface area contributed by atoms with Crippen molar-refractivity contribution in [3.8, 4) is 0 Å². The van der Waals surface area contributed by atoms with Crippen LogP contribution in [-0.4, -0.2) is 31.7 Å². The number of H-pyrrole nitrogens is 1. The van der Waals surface area contributed by atoms with Crippen molar-refractivity contribution < 1.29 is 9.90 Å². The Hall–Kier alpha value is -1.76. The lowest BCUT2D eigenvalue weighted by Gasteiger charge is -2.32. The van der Waals surface area contributed by atoms with Gasteiger partial charge in [-0.3, -0.25) is 4.79 Å². The van der Waals surface area contributed by atoms with Crippen LogP contribution in [0.4, 0.5) is 0 Å². The molecule has 2 rings (SSSR count). The number of carbonyl (C=O) groups is 1. The molecule has 0 saturated heterocycles. The van der Waals surface area contributed by atoms with Gasteiger partial charge in [0.25, 0.3) is 0 Å². The first-order valence-corrected chi connectivity index (χ1v) is 7.79. The zero-order valence-corrected chi connectivity index (χ0v) is 14.3. The number of aliphatic carboxylic acids is 1. The maximum atomic E-state index is 11.8. The van der Waals surface area contributed by atoms with Crippen molar-refractivity contribution >= 4 is 21.9 Å². The molecule has 0 aliphatic carbocycles. The fraction of sp³-hybridized carbons (Fsp3) is 0.467. The van der Waals surface area contributed by atoms with E-state index in [0.717, 1.165) is 10.0 Å². The highest BCUT2D eigenvalue weighted by Crippen LogP contribution is 2.38. The normalized spacial score (nSPS) is 14.5. The average molecular weight is 367 g/mol. The molecule has 0 fully saturated rings. The van der Waals surface area contributed by atoms with Crippen molar-refractivity contribution in [1.82, 2.24) is 20.6 Å². The first-order valence-electron chi connectivity index (χ1n) is 7.00. The highest BCUT2D eigenvalue weighted by Gasteiger charge is 2.40. The zero-order chi connectivity index (χ0) is 16.3. The third-order valence-electron chi connectivity index (χ3n) is 3.68.